The highest BCUT2D eigenvalue weighted by atomic mass is 32.2. The maximum absolute atomic E-state index is 10.8. The summed E-state index contributed by atoms with van der Waals surface area (Å²) in [6.45, 7) is 2.21. The summed E-state index contributed by atoms with van der Waals surface area (Å²) >= 11 is 1.78. The Hall–Kier alpha value is -0.960. The first-order valence-electron chi connectivity index (χ1n) is 5.18. The molecule has 15 heavy (non-hydrogen) atoms. The predicted molar refractivity (Wildman–Crippen MR) is 61.8 cm³/mol. The van der Waals surface area contributed by atoms with Gasteiger partial charge < -0.3 is 5.11 Å². The van der Waals surface area contributed by atoms with E-state index in [1.807, 2.05) is 12.1 Å². The number of rotatable bonds is 1. The molecule has 80 valence electrons. The maximum Gasteiger partial charge on any atom is 0.335 e. The molecule has 0 fully saturated rings. The SMILES string of the molecule is CC1CCCSc2cc(C(=O)O)ccc21. The lowest BCUT2D eigenvalue weighted by molar-refractivity contribution is 0.0696. The fourth-order valence-electron chi connectivity index (χ4n) is 1.93. The molecule has 1 heterocycles. The Morgan fingerprint density at radius 3 is 3.07 bits per heavy atom. The van der Waals surface area contributed by atoms with Crippen LogP contribution in [0.5, 0.6) is 0 Å². The van der Waals surface area contributed by atoms with E-state index in [-0.39, 0.29) is 0 Å². The van der Waals surface area contributed by atoms with Gasteiger partial charge in [-0.2, -0.15) is 0 Å². The molecule has 1 aliphatic rings. The quantitative estimate of drug-likeness (QED) is 0.791. The van der Waals surface area contributed by atoms with Crippen LogP contribution in [0.15, 0.2) is 23.1 Å². The molecule has 0 saturated heterocycles. The van der Waals surface area contributed by atoms with E-state index in [2.05, 4.69) is 6.92 Å². The van der Waals surface area contributed by atoms with Gasteiger partial charge in [-0.05, 0) is 42.2 Å². The van der Waals surface area contributed by atoms with Crippen molar-refractivity contribution < 1.29 is 9.90 Å². The van der Waals surface area contributed by atoms with E-state index in [4.69, 9.17) is 5.11 Å². The van der Waals surface area contributed by atoms with Crippen LogP contribution in [-0.2, 0) is 0 Å². The Bertz CT molecular complexity index is 387. The van der Waals surface area contributed by atoms with Crippen molar-refractivity contribution in [1.29, 1.82) is 0 Å². The minimum atomic E-state index is -0.838. The Balaban J connectivity index is 2.42. The highest BCUT2D eigenvalue weighted by Gasteiger charge is 2.16. The largest absolute Gasteiger partial charge is 0.478 e. The van der Waals surface area contributed by atoms with Crippen LogP contribution in [0.25, 0.3) is 0 Å². The second-order valence-corrected chi connectivity index (χ2v) is 5.09. The Kier molecular flexibility index (Phi) is 3.00. The molecule has 1 aromatic carbocycles. The van der Waals surface area contributed by atoms with Crippen LogP contribution in [0.4, 0.5) is 0 Å². The molecule has 1 aromatic rings. The second-order valence-electron chi connectivity index (χ2n) is 3.95. The van der Waals surface area contributed by atoms with Crippen molar-refractivity contribution in [3.63, 3.8) is 0 Å². The average molecular weight is 222 g/mol. The molecule has 2 nitrogen and oxygen atoms in total. The monoisotopic (exact) mass is 222 g/mol. The highest BCUT2D eigenvalue weighted by Crippen LogP contribution is 2.36. The molecular formula is C12H14O2S. The van der Waals surface area contributed by atoms with Gasteiger partial charge in [0.1, 0.15) is 0 Å². The molecule has 0 amide bonds. The van der Waals surface area contributed by atoms with Gasteiger partial charge in [-0.25, -0.2) is 4.79 Å². The van der Waals surface area contributed by atoms with Crippen LogP contribution in [-0.4, -0.2) is 16.8 Å². The molecule has 0 radical (unpaired) electrons. The van der Waals surface area contributed by atoms with Gasteiger partial charge in [0.2, 0.25) is 0 Å². The molecule has 1 aliphatic heterocycles. The van der Waals surface area contributed by atoms with E-state index in [0.29, 0.717) is 11.5 Å². The molecule has 1 unspecified atom stereocenters. The Morgan fingerprint density at radius 2 is 2.33 bits per heavy atom. The predicted octanol–water partition coefficient (Wildman–Crippen LogP) is 3.37. The highest BCUT2D eigenvalue weighted by molar-refractivity contribution is 7.99. The van der Waals surface area contributed by atoms with E-state index in [1.165, 1.54) is 18.4 Å². The van der Waals surface area contributed by atoms with Gasteiger partial charge in [0.25, 0.3) is 0 Å². The van der Waals surface area contributed by atoms with E-state index in [0.717, 1.165) is 10.6 Å². The molecule has 0 aromatic heterocycles. The normalized spacial score (nSPS) is 20.5. The van der Waals surface area contributed by atoms with Crippen LogP contribution in [0.3, 0.4) is 0 Å². The molecule has 1 atom stereocenters. The van der Waals surface area contributed by atoms with Crippen molar-refractivity contribution in [3.8, 4) is 0 Å². The molecule has 0 aliphatic carbocycles. The van der Waals surface area contributed by atoms with E-state index in [1.54, 1.807) is 17.8 Å². The van der Waals surface area contributed by atoms with Crippen molar-refractivity contribution in [1.82, 2.24) is 0 Å². The number of aromatic carboxylic acids is 1. The molecule has 2 rings (SSSR count). The molecule has 1 N–H and O–H groups in total. The van der Waals surface area contributed by atoms with Crippen LogP contribution in [0, 0.1) is 0 Å². The van der Waals surface area contributed by atoms with Crippen molar-refractivity contribution in [2.24, 2.45) is 0 Å². The van der Waals surface area contributed by atoms with Crippen LogP contribution >= 0.6 is 11.8 Å². The second kappa shape index (κ2) is 4.27. The molecule has 0 spiro atoms. The summed E-state index contributed by atoms with van der Waals surface area (Å²) < 4.78 is 0. The van der Waals surface area contributed by atoms with Crippen molar-refractivity contribution in [2.45, 2.75) is 30.6 Å². The van der Waals surface area contributed by atoms with Gasteiger partial charge in [0.15, 0.2) is 0 Å². The fourth-order valence-corrected chi connectivity index (χ4v) is 3.10. The lowest BCUT2D eigenvalue weighted by Crippen LogP contribution is -1.99. The first kappa shape index (κ1) is 10.6. The summed E-state index contributed by atoms with van der Waals surface area (Å²) in [7, 11) is 0. The van der Waals surface area contributed by atoms with Gasteiger partial charge in [0, 0.05) is 4.90 Å². The summed E-state index contributed by atoms with van der Waals surface area (Å²) in [4.78, 5) is 12.0. The number of hydrogen-bond donors (Lipinski definition) is 1. The smallest absolute Gasteiger partial charge is 0.335 e. The van der Waals surface area contributed by atoms with Gasteiger partial charge in [-0.15, -0.1) is 11.8 Å². The summed E-state index contributed by atoms with van der Waals surface area (Å²) in [5.74, 6) is 0.814. The zero-order valence-electron chi connectivity index (χ0n) is 8.69. The molecule has 3 heteroatoms. The van der Waals surface area contributed by atoms with Crippen molar-refractivity contribution in [2.75, 3.05) is 5.75 Å². The molecule has 0 saturated carbocycles. The Labute approximate surface area is 93.7 Å². The zero-order valence-corrected chi connectivity index (χ0v) is 9.51. The minimum Gasteiger partial charge on any atom is -0.478 e. The lowest BCUT2D eigenvalue weighted by Gasteiger charge is -2.11. The standard InChI is InChI=1S/C12H14O2S/c1-8-3-2-6-15-11-7-9(12(13)14)4-5-10(8)11/h4-5,7-8H,2-3,6H2,1H3,(H,13,14). The van der Waals surface area contributed by atoms with E-state index in [9.17, 15) is 4.79 Å². The number of carbonyl (C=O) groups is 1. The first-order chi connectivity index (χ1) is 7.18. The van der Waals surface area contributed by atoms with Gasteiger partial charge in [-0.1, -0.05) is 13.0 Å². The summed E-state index contributed by atoms with van der Waals surface area (Å²) in [5.41, 5.74) is 1.71. The summed E-state index contributed by atoms with van der Waals surface area (Å²) in [6.07, 6.45) is 2.41. The Morgan fingerprint density at radius 1 is 1.53 bits per heavy atom. The minimum absolute atomic E-state index is 0.398. The third kappa shape index (κ3) is 2.17. The van der Waals surface area contributed by atoms with Crippen molar-refractivity contribution >= 4 is 17.7 Å². The fraction of sp³-hybridized carbons (Fsp3) is 0.417. The third-order valence-corrected chi connectivity index (χ3v) is 3.99. The topological polar surface area (TPSA) is 37.3 Å². The number of carboxylic acid groups (broad SMARTS) is 1. The first-order valence-corrected chi connectivity index (χ1v) is 6.17. The number of hydrogen-bond acceptors (Lipinski definition) is 2. The van der Waals surface area contributed by atoms with Crippen molar-refractivity contribution in [3.05, 3.63) is 29.3 Å². The number of thioether (sulfide) groups is 1. The van der Waals surface area contributed by atoms with Gasteiger partial charge in [-0.3, -0.25) is 0 Å². The van der Waals surface area contributed by atoms with Crippen LogP contribution in [0.1, 0.15) is 41.6 Å². The van der Waals surface area contributed by atoms with Gasteiger partial charge in [0.05, 0.1) is 5.56 Å². The third-order valence-electron chi connectivity index (χ3n) is 2.83. The van der Waals surface area contributed by atoms with Crippen LogP contribution in [0.2, 0.25) is 0 Å². The van der Waals surface area contributed by atoms with E-state index < -0.39 is 5.97 Å². The van der Waals surface area contributed by atoms with Crippen LogP contribution < -0.4 is 0 Å². The average Bonchev–Trinajstić information content (AvgIpc) is 2.40. The maximum atomic E-state index is 10.8. The zero-order chi connectivity index (χ0) is 10.8. The summed E-state index contributed by atoms with van der Waals surface area (Å²) in [5, 5.41) is 8.91. The number of benzene rings is 1. The molecular weight excluding hydrogens is 208 g/mol. The molecule has 0 bridgehead atoms. The lowest BCUT2D eigenvalue weighted by atomic mass is 9.96. The number of carboxylic acids is 1. The van der Waals surface area contributed by atoms with Gasteiger partial charge >= 0.3 is 5.97 Å². The number of fused-ring (bicyclic) bond motifs is 1. The van der Waals surface area contributed by atoms with E-state index >= 15 is 0 Å². The summed E-state index contributed by atoms with van der Waals surface area (Å²) in [6, 6.07) is 5.50.